The Hall–Kier alpha value is -1.85. The zero-order valence-electron chi connectivity index (χ0n) is 7.90. The first-order chi connectivity index (χ1) is 7.08. The normalized spacial score (nSPS) is 18.7. The summed E-state index contributed by atoms with van der Waals surface area (Å²) >= 11 is 0. The summed E-state index contributed by atoms with van der Waals surface area (Å²) in [6.07, 6.45) is -0.182. The minimum atomic E-state index is -0.920. The predicted molar refractivity (Wildman–Crippen MR) is 48.6 cm³/mol. The van der Waals surface area contributed by atoms with Crippen molar-refractivity contribution in [2.24, 2.45) is 0 Å². The first kappa shape index (κ1) is 9.70. The quantitative estimate of drug-likeness (QED) is 0.528. The van der Waals surface area contributed by atoms with Crippen molar-refractivity contribution in [3.8, 4) is 11.5 Å². The molecule has 5 nitrogen and oxygen atoms in total. The summed E-state index contributed by atoms with van der Waals surface area (Å²) in [6.45, 7) is 2.07. The van der Waals surface area contributed by atoms with Gasteiger partial charge >= 0.3 is 5.69 Å². The molecule has 0 fully saturated rings. The van der Waals surface area contributed by atoms with Gasteiger partial charge in [0.1, 0.15) is 12.7 Å². The molecular formula is C9H8FNO4. The van der Waals surface area contributed by atoms with Crippen molar-refractivity contribution < 1.29 is 18.8 Å². The molecule has 1 aromatic rings. The number of nitro groups is 1. The monoisotopic (exact) mass is 213 g/mol. The predicted octanol–water partition coefficient (Wildman–Crippen LogP) is 1.89. The molecule has 80 valence electrons. The highest BCUT2D eigenvalue weighted by Gasteiger charge is 2.24. The van der Waals surface area contributed by atoms with E-state index in [1.807, 2.05) is 0 Å². The topological polar surface area (TPSA) is 61.6 Å². The summed E-state index contributed by atoms with van der Waals surface area (Å²) < 4.78 is 23.6. The Bertz CT molecular complexity index is 421. The molecule has 0 unspecified atom stereocenters. The van der Waals surface area contributed by atoms with E-state index in [-0.39, 0.29) is 17.6 Å². The fourth-order valence-corrected chi connectivity index (χ4v) is 1.33. The molecule has 1 heterocycles. The van der Waals surface area contributed by atoms with Gasteiger partial charge in [-0.1, -0.05) is 0 Å². The first-order valence-corrected chi connectivity index (χ1v) is 4.35. The van der Waals surface area contributed by atoms with Crippen LogP contribution in [0.2, 0.25) is 0 Å². The molecule has 0 saturated heterocycles. The van der Waals surface area contributed by atoms with Crippen LogP contribution in [0.3, 0.4) is 0 Å². The number of benzene rings is 1. The molecule has 1 aliphatic rings. The third-order valence-electron chi connectivity index (χ3n) is 2.01. The van der Waals surface area contributed by atoms with Gasteiger partial charge in [-0.2, -0.15) is 4.39 Å². The number of ether oxygens (including phenoxy) is 2. The third kappa shape index (κ3) is 1.70. The van der Waals surface area contributed by atoms with Crippen molar-refractivity contribution >= 4 is 5.69 Å². The molecule has 0 aromatic heterocycles. The van der Waals surface area contributed by atoms with Gasteiger partial charge in [0, 0.05) is 6.07 Å². The fraction of sp³-hybridized carbons (Fsp3) is 0.333. The van der Waals surface area contributed by atoms with Crippen molar-refractivity contribution in [3.05, 3.63) is 28.1 Å². The van der Waals surface area contributed by atoms with Crippen LogP contribution in [0.5, 0.6) is 11.5 Å². The second-order valence-corrected chi connectivity index (χ2v) is 3.25. The van der Waals surface area contributed by atoms with Crippen LogP contribution < -0.4 is 9.47 Å². The highest BCUT2D eigenvalue weighted by molar-refractivity contribution is 5.50. The van der Waals surface area contributed by atoms with Crippen LogP contribution in [0.4, 0.5) is 10.1 Å². The molecular weight excluding hydrogens is 205 g/mol. The van der Waals surface area contributed by atoms with E-state index < -0.39 is 16.4 Å². The van der Waals surface area contributed by atoms with E-state index in [1.54, 1.807) is 6.92 Å². The van der Waals surface area contributed by atoms with Crippen LogP contribution in [0.15, 0.2) is 12.1 Å². The third-order valence-corrected chi connectivity index (χ3v) is 2.01. The Balaban J connectivity index is 2.46. The molecule has 6 heteroatoms. The molecule has 0 N–H and O–H groups in total. The van der Waals surface area contributed by atoms with Crippen molar-refractivity contribution in [3.63, 3.8) is 0 Å². The van der Waals surface area contributed by atoms with Crippen molar-refractivity contribution in [2.75, 3.05) is 6.61 Å². The summed E-state index contributed by atoms with van der Waals surface area (Å²) in [7, 11) is 0. The van der Waals surface area contributed by atoms with Gasteiger partial charge in [-0.05, 0) is 6.92 Å². The van der Waals surface area contributed by atoms with Crippen molar-refractivity contribution in [2.45, 2.75) is 13.0 Å². The maximum absolute atomic E-state index is 13.2. The minimum Gasteiger partial charge on any atom is -0.486 e. The van der Waals surface area contributed by atoms with Crippen LogP contribution in [0.1, 0.15) is 6.92 Å². The summed E-state index contributed by atoms with van der Waals surface area (Å²) in [5.41, 5.74) is -0.605. The number of rotatable bonds is 1. The number of hydrogen-bond donors (Lipinski definition) is 0. The lowest BCUT2D eigenvalue weighted by atomic mass is 10.2. The SMILES string of the molecule is C[C@@H]1COc2cc([N+](=O)[O-])c(F)cc2O1. The number of hydrogen-bond acceptors (Lipinski definition) is 4. The van der Waals surface area contributed by atoms with E-state index >= 15 is 0 Å². The van der Waals surface area contributed by atoms with Gasteiger partial charge in [-0.15, -0.1) is 0 Å². The highest BCUT2D eigenvalue weighted by Crippen LogP contribution is 2.36. The Labute approximate surface area is 84.6 Å². The molecule has 0 aliphatic carbocycles. The van der Waals surface area contributed by atoms with Crippen molar-refractivity contribution in [1.29, 1.82) is 0 Å². The van der Waals surface area contributed by atoms with Crippen LogP contribution >= 0.6 is 0 Å². The van der Waals surface area contributed by atoms with Gasteiger partial charge in [-0.3, -0.25) is 10.1 Å². The van der Waals surface area contributed by atoms with E-state index in [1.165, 1.54) is 0 Å². The average molecular weight is 213 g/mol. The zero-order valence-corrected chi connectivity index (χ0v) is 7.90. The zero-order chi connectivity index (χ0) is 11.0. The lowest BCUT2D eigenvalue weighted by Gasteiger charge is -2.23. The molecule has 1 atom stereocenters. The summed E-state index contributed by atoms with van der Waals surface area (Å²) in [4.78, 5) is 9.65. The lowest BCUT2D eigenvalue weighted by Crippen LogP contribution is -2.25. The second kappa shape index (κ2) is 3.38. The van der Waals surface area contributed by atoms with Gasteiger partial charge in [0.2, 0.25) is 5.82 Å². The largest absolute Gasteiger partial charge is 0.486 e. The number of nitrogens with zero attached hydrogens (tertiary/aromatic N) is 1. The Morgan fingerprint density at radius 2 is 2.27 bits per heavy atom. The molecule has 0 amide bonds. The maximum atomic E-state index is 13.2. The van der Waals surface area contributed by atoms with Gasteiger partial charge in [-0.25, -0.2) is 0 Å². The van der Waals surface area contributed by atoms with Crippen LogP contribution in [0.25, 0.3) is 0 Å². The lowest BCUT2D eigenvalue weighted by molar-refractivity contribution is -0.387. The molecule has 15 heavy (non-hydrogen) atoms. The fourth-order valence-electron chi connectivity index (χ4n) is 1.33. The molecule has 0 bridgehead atoms. The average Bonchev–Trinajstić information content (AvgIpc) is 2.15. The standard InChI is InChI=1S/C9H8FNO4/c1-5-4-14-8-3-7(11(12)13)6(10)2-9(8)15-5/h2-3,5H,4H2,1H3/t5-/m1/s1. The number of halogens is 1. The smallest absolute Gasteiger partial charge is 0.308 e. The van der Waals surface area contributed by atoms with E-state index in [0.717, 1.165) is 12.1 Å². The van der Waals surface area contributed by atoms with E-state index in [2.05, 4.69) is 0 Å². The Kier molecular flexibility index (Phi) is 2.18. The molecule has 0 radical (unpaired) electrons. The first-order valence-electron chi connectivity index (χ1n) is 4.35. The van der Waals surface area contributed by atoms with Gasteiger partial charge in [0.15, 0.2) is 11.5 Å². The van der Waals surface area contributed by atoms with Crippen molar-refractivity contribution in [1.82, 2.24) is 0 Å². The Morgan fingerprint density at radius 1 is 1.53 bits per heavy atom. The number of nitro benzene ring substituents is 1. The molecule has 0 spiro atoms. The van der Waals surface area contributed by atoms with E-state index in [4.69, 9.17) is 9.47 Å². The molecule has 1 aliphatic heterocycles. The van der Waals surface area contributed by atoms with E-state index in [9.17, 15) is 14.5 Å². The second-order valence-electron chi connectivity index (χ2n) is 3.25. The van der Waals surface area contributed by atoms with Crippen LogP contribution in [-0.2, 0) is 0 Å². The molecule has 1 aromatic carbocycles. The van der Waals surface area contributed by atoms with Crippen LogP contribution in [-0.4, -0.2) is 17.6 Å². The molecule has 0 saturated carbocycles. The van der Waals surface area contributed by atoms with Crippen LogP contribution in [0, 0.1) is 15.9 Å². The van der Waals surface area contributed by atoms with E-state index in [0.29, 0.717) is 6.61 Å². The summed E-state index contributed by atoms with van der Waals surface area (Å²) in [5.74, 6) is -0.505. The molecule has 2 rings (SSSR count). The van der Waals surface area contributed by atoms with Gasteiger partial charge in [0.05, 0.1) is 11.0 Å². The minimum absolute atomic E-state index is 0.182. The number of fused-ring (bicyclic) bond motifs is 1. The van der Waals surface area contributed by atoms with Gasteiger partial charge in [0.25, 0.3) is 0 Å². The van der Waals surface area contributed by atoms with Gasteiger partial charge < -0.3 is 9.47 Å². The summed E-state index contributed by atoms with van der Waals surface area (Å²) in [6, 6.07) is 2.01. The Morgan fingerprint density at radius 3 is 2.93 bits per heavy atom. The highest BCUT2D eigenvalue weighted by atomic mass is 19.1. The maximum Gasteiger partial charge on any atom is 0.308 e. The summed E-state index contributed by atoms with van der Waals surface area (Å²) in [5, 5.41) is 10.4.